The van der Waals surface area contributed by atoms with Gasteiger partial charge in [0.15, 0.2) is 0 Å². The predicted octanol–water partition coefficient (Wildman–Crippen LogP) is 3.24. The van der Waals surface area contributed by atoms with E-state index in [2.05, 4.69) is 14.1 Å². The van der Waals surface area contributed by atoms with Crippen LogP contribution in [0.2, 0.25) is 0 Å². The standard InChI is InChI=1S/C14H11N3O2S/c1-9-4-6-11-14(17-20-16-11)13(9)15-12(18)7-5-10-3-2-8-19-10/h2-8H,1H3,(H,15,18)/b7-5+. The highest BCUT2D eigenvalue weighted by Crippen LogP contribution is 2.25. The van der Waals surface area contributed by atoms with Crippen molar-refractivity contribution in [2.24, 2.45) is 0 Å². The third-order valence-corrected chi connectivity index (χ3v) is 3.37. The molecule has 0 unspecified atom stereocenters. The van der Waals surface area contributed by atoms with E-state index < -0.39 is 0 Å². The number of hydrogen-bond donors (Lipinski definition) is 1. The van der Waals surface area contributed by atoms with Crippen molar-refractivity contribution in [1.82, 2.24) is 8.75 Å². The molecule has 0 saturated carbocycles. The first-order valence-corrected chi connectivity index (χ1v) is 6.71. The molecule has 3 rings (SSSR count). The number of aromatic nitrogens is 2. The van der Waals surface area contributed by atoms with Gasteiger partial charge in [-0.15, -0.1) is 0 Å². The second kappa shape index (κ2) is 5.26. The van der Waals surface area contributed by atoms with Crippen molar-refractivity contribution in [2.75, 3.05) is 5.32 Å². The zero-order chi connectivity index (χ0) is 13.9. The first-order valence-electron chi connectivity index (χ1n) is 5.98. The zero-order valence-corrected chi connectivity index (χ0v) is 11.5. The Kier molecular flexibility index (Phi) is 3.30. The summed E-state index contributed by atoms with van der Waals surface area (Å²) >= 11 is 1.13. The number of benzene rings is 1. The molecule has 100 valence electrons. The van der Waals surface area contributed by atoms with Crippen molar-refractivity contribution in [2.45, 2.75) is 6.92 Å². The van der Waals surface area contributed by atoms with Crippen LogP contribution >= 0.6 is 11.7 Å². The van der Waals surface area contributed by atoms with Crippen LogP contribution in [-0.4, -0.2) is 14.7 Å². The Labute approximate surface area is 119 Å². The molecule has 0 aliphatic heterocycles. The molecule has 1 amide bonds. The van der Waals surface area contributed by atoms with Crippen molar-refractivity contribution in [1.29, 1.82) is 0 Å². The lowest BCUT2D eigenvalue weighted by Crippen LogP contribution is -2.09. The number of nitrogens with one attached hydrogen (secondary N) is 1. The van der Waals surface area contributed by atoms with Gasteiger partial charge in [0.1, 0.15) is 16.8 Å². The summed E-state index contributed by atoms with van der Waals surface area (Å²) in [7, 11) is 0. The maximum absolute atomic E-state index is 11.9. The molecule has 0 bridgehead atoms. The number of amides is 1. The zero-order valence-electron chi connectivity index (χ0n) is 10.7. The summed E-state index contributed by atoms with van der Waals surface area (Å²) in [4.78, 5) is 11.9. The molecule has 0 radical (unpaired) electrons. The number of fused-ring (bicyclic) bond motifs is 1. The van der Waals surface area contributed by atoms with Crippen molar-refractivity contribution in [3.63, 3.8) is 0 Å². The van der Waals surface area contributed by atoms with Gasteiger partial charge in [0.2, 0.25) is 5.91 Å². The van der Waals surface area contributed by atoms with Gasteiger partial charge in [-0.05, 0) is 36.8 Å². The van der Waals surface area contributed by atoms with Gasteiger partial charge in [0.05, 0.1) is 23.7 Å². The summed E-state index contributed by atoms with van der Waals surface area (Å²) in [6.07, 6.45) is 4.60. The molecule has 0 aliphatic rings. The van der Waals surface area contributed by atoms with Crippen LogP contribution in [0.15, 0.2) is 41.0 Å². The number of furan rings is 1. The number of rotatable bonds is 3. The lowest BCUT2D eigenvalue weighted by atomic mass is 10.1. The van der Waals surface area contributed by atoms with Gasteiger partial charge in [-0.2, -0.15) is 8.75 Å². The number of hydrogen-bond acceptors (Lipinski definition) is 5. The van der Waals surface area contributed by atoms with Crippen LogP contribution in [0.5, 0.6) is 0 Å². The van der Waals surface area contributed by atoms with Gasteiger partial charge < -0.3 is 9.73 Å². The van der Waals surface area contributed by atoms with E-state index in [1.54, 1.807) is 24.5 Å². The molecule has 0 aliphatic carbocycles. The minimum Gasteiger partial charge on any atom is -0.465 e. The van der Waals surface area contributed by atoms with E-state index in [0.29, 0.717) is 11.4 Å². The molecule has 1 N–H and O–H groups in total. The minimum atomic E-state index is -0.231. The first kappa shape index (κ1) is 12.6. The van der Waals surface area contributed by atoms with Gasteiger partial charge >= 0.3 is 0 Å². The van der Waals surface area contributed by atoms with Gasteiger partial charge in [0.25, 0.3) is 0 Å². The molecule has 20 heavy (non-hydrogen) atoms. The maximum Gasteiger partial charge on any atom is 0.248 e. The molecule has 6 heteroatoms. The molecule has 0 spiro atoms. The van der Waals surface area contributed by atoms with Crippen LogP contribution in [0.25, 0.3) is 17.1 Å². The average Bonchev–Trinajstić information content (AvgIpc) is 3.10. The lowest BCUT2D eigenvalue weighted by Gasteiger charge is -2.06. The Bertz CT molecular complexity index is 775. The highest BCUT2D eigenvalue weighted by atomic mass is 32.1. The second-order valence-electron chi connectivity index (χ2n) is 4.23. The first-order chi connectivity index (χ1) is 9.74. The van der Waals surface area contributed by atoms with Crippen LogP contribution in [0.3, 0.4) is 0 Å². The molecular weight excluding hydrogens is 274 g/mol. The molecule has 2 heterocycles. The Balaban J connectivity index is 1.84. The molecule has 3 aromatic rings. The third-order valence-electron chi connectivity index (χ3n) is 2.83. The smallest absolute Gasteiger partial charge is 0.248 e. The average molecular weight is 285 g/mol. The highest BCUT2D eigenvalue weighted by molar-refractivity contribution is 7.00. The molecule has 1 aromatic carbocycles. The van der Waals surface area contributed by atoms with E-state index in [4.69, 9.17) is 4.42 Å². The van der Waals surface area contributed by atoms with Crippen molar-refractivity contribution < 1.29 is 9.21 Å². The number of nitrogens with zero attached hydrogens (tertiary/aromatic N) is 2. The molecule has 0 atom stereocenters. The van der Waals surface area contributed by atoms with Crippen LogP contribution in [0.1, 0.15) is 11.3 Å². The largest absolute Gasteiger partial charge is 0.465 e. The van der Waals surface area contributed by atoms with Crippen molar-refractivity contribution in [3.8, 4) is 0 Å². The Morgan fingerprint density at radius 3 is 3.05 bits per heavy atom. The Morgan fingerprint density at radius 1 is 1.35 bits per heavy atom. The fourth-order valence-corrected chi connectivity index (χ4v) is 2.36. The number of carbonyl (C=O) groups is 1. The lowest BCUT2D eigenvalue weighted by molar-refractivity contribution is -0.111. The maximum atomic E-state index is 11.9. The summed E-state index contributed by atoms with van der Waals surface area (Å²) in [5, 5.41) is 2.84. The van der Waals surface area contributed by atoms with Crippen LogP contribution in [-0.2, 0) is 4.79 Å². The van der Waals surface area contributed by atoms with Crippen LogP contribution in [0, 0.1) is 6.92 Å². The summed E-state index contributed by atoms with van der Waals surface area (Å²) < 4.78 is 13.5. The summed E-state index contributed by atoms with van der Waals surface area (Å²) in [6.45, 7) is 1.92. The monoisotopic (exact) mass is 285 g/mol. The van der Waals surface area contributed by atoms with Crippen LogP contribution in [0.4, 0.5) is 5.69 Å². The highest BCUT2D eigenvalue weighted by Gasteiger charge is 2.10. The van der Waals surface area contributed by atoms with Gasteiger partial charge in [-0.3, -0.25) is 4.79 Å². The Hall–Kier alpha value is -2.47. The fourth-order valence-electron chi connectivity index (χ4n) is 1.82. The summed E-state index contributed by atoms with van der Waals surface area (Å²) in [5.74, 6) is 0.399. The molecule has 0 saturated heterocycles. The van der Waals surface area contributed by atoms with Gasteiger partial charge in [-0.1, -0.05) is 6.07 Å². The predicted molar refractivity (Wildman–Crippen MR) is 78.5 cm³/mol. The van der Waals surface area contributed by atoms with Gasteiger partial charge in [-0.25, -0.2) is 0 Å². The minimum absolute atomic E-state index is 0.231. The van der Waals surface area contributed by atoms with Gasteiger partial charge in [0, 0.05) is 6.08 Å². The number of aryl methyl sites for hydroxylation is 1. The normalized spacial score (nSPS) is 11.2. The van der Waals surface area contributed by atoms with E-state index in [1.165, 1.54) is 6.08 Å². The van der Waals surface area contributed by atoms with Crippen molar-refractivity contribution in [3.05, 3.63) is 47.9 Å². The summed E-state index contributed by atoms with van der Waals surface area (Å²) in [5.41, 5.74) is 3.15. The fraction of sp³-hybridized carbons (Fsp3) is 0.0714. The number of carbonyl (C=O) groups excluding carboxylic acids is 1. The third kappa shape index (κ3) is 2.46. The van der Waals surface area contributed by atoms with E-state index >= 15 is 0 Å². The summed E-state index contributed by atoms with van der Waals surface area (Å²) in [6, 6.07) is 7.35. The van der Waals surface area contributed by atoms with E-state index in [9.17, 15) is 4.79 Å². The molecule has 5 nitrogen and oxygen atoms in total. The van der Waals surface area contributed by atoms with E-state index in [0.717, 1.165) is 28.3 Å². The SMILES string of the molecule is Cc1ccc2nsnc2c1NC(=O)/C=C/c1ccco1. The van der Waals surface area contributed by atoms with Crippen LogP contribution < -0.4 is 5.32 Å². The topological polar surface area (TPSA) is 68.0 Å². The Morgan fingerprint density at radius 2 is 2.25 bits per heavy atom. The molecule has 2 aromatic heterocycles. The van der Waals surface area contributed by atoms with E-state index in [-0.39, 0.29) is 5.91 Å². The number of anilines is 1. The van der Waals surface area contributed by atoms with Crippen molar-refractivity contribution >= 4 is 40.4 Å². The quantitative estimate of drug-likeness (QED) is 0.750. The molecular formula is C14H11N3O2S. The molecule has 0 fully saturated rings. The van der Waals surface area contributed by atoms with E-state index in [1.807, 2.05) is 19.1 Å². The second-order valence-corrected chi connectivity index (χ2v) is 4.76.